The van der Waals surface area contributed by atoms with Gasteiger partial charge in [-0.2, -0.15) is 0 Å². The summed E-state index contributed by atoms with van der Waals surface area (Å²) in [5.41, 5.74) is 0.894. The van der Waals surface area contributed by atoms with Gasteiger partial charge in [0, 0.05) is 31.2 Å². The molecule has 6 nitrogen and oxygen atoms in total. The lowest BCUT2D eigenvalue weighted by Gasteiger charge is -2.35. The quantitative estimate of drug-likeness (QED) is 0.740. The highest BCUT2D eigenvalue weighted by Crippen LogP contribution is 2.25. The minimum Gasteiger partial charge on any atom is -0.339 e. The Bertz CT molecular complexity index is 780. The predicted molar refractivity (Wildman–Crippen MR) is 104 cm³/mol. The molecule has 8 heteroatoms. The molecule has 1 saturated heterocycles. The van der Waals surface area contributed by atoms with Crippen molar-refractivity contribution in [3.8, 4) is 0 Å². The first-order valence-electron chi connectivity index (χ1n) is 9.37. The van der Waals surface area contributed by atoms with Crippen LogP contribution in [0.25, 0.3) is 0 Å². The molecule has 148 valence electrons. The van der Waals surface area contributed by atoms with Crippen molar-refractivity contribution in [3.05, 3.63) is 34.9 Å². The second-order valence-corrected chi connectivity index (χ2v) is 10.00. The summed E-state index contributed by atoms with van der Waals surface area (Å²) >= 11 is 5.85. The summed E-state index contributed by atoms with van der Waals surface area (Å²) in [4.78, 5) is 28.1. The number of sulfone groups is 1. The van der Waals surface area contributed by atoms with Gasteiger partial charge < -0.3 is 9.80 Å². The fraction of sp³-hybridized carbons (Fsp3) is 0.579. The SMILES string of the molecule is O=C(Cc1ccc(Cl)cc1)N1CCN(C(=O)CS(=O)(=O)C2CCCC2)CC1. The second kappa shape index (κ2) is 8.61. The molecule has 3 rings (SSSR count). The normalized spacial score (nSPS) is 18.7. The van der Waals surface area contributed by atoms with Crippen molar-refractivity contribution in [1.82, 2.24) is 9.80 Å². The Morgan fingerprint density at radius 2 is 1.44 bits per heavy atom. The van der Waals surface area contributed by atoms with Crippen LogP contribution in [0.15, 0.2) is 24.3 Å². The van der Waals surface area contributed by atoms with E-state index < -0.39 is 15.6 Å². The molecular weight excluding hydrogens is 388 g/mol. The van der Waals surface area contributed by atoms with E-state index in [4.69, 9.17) is 11.6 Å². The topological polar surface area (TPSA) is 74.8 Å². The van der Waals surface area contributed by atoms with E-state index in [0.29, 0.717) is 50.5 Å². The summed E-state index contributed by atoms with van der Waals surface area (Å²) < 4.78 is 24.7. The minimum absolute atomic E-state index is 0.00278. The highest BCUT2D eigenvalue weighted by molar-refractivity contribution is 7.92. The van der Waals surface area contributed by atoms with Gasteiger partial charge in [0.05, 0.1) is 11.7 Å². The number of benzene rings is 1. The van der Waals surface area contributed by atoms with E-state index in [1.54, 1.807) is 21.9 Å². The highest BCUT2D eigenvalue weighted by Gasteiger charge is 2.33. The van der Waals surface area contributed by atoms with E-state index in [1.807, 2.05) is 12.1 Å². The van der Waals surface area contributed by atoms with Crippen LogP contribution in [0, 0.1) is 0 Å². The van der Waals surface area contributed by atoms with Crippen molar-refractivity contribution in [3.63, 3.8) is 0 Å². The summed E-state index contributed by atoms with van der Waals surface area (Å²) in [6, 6.07) is 7.17. The van der Waals surface area contributed by atoms with Gasteiger partial charge in [0.2, 0.25) is 11.8 Å². The first kappa shape index (κ1) is 20.1. The zero-order valence-electron chi connectivity index (χ0n) is 15.3. The zero-order chi connectivity index (χ0) is 19.4. The van der Waals surface area contributed by atoms with Gasteiger partial charge >= 0.3 is 0 Å². The molecule has 1 aromatic carbocycles. The number of nitrogens with zero attached hydrogens (tertiary/aromatic N) is 2. The zero-order valence-corrected chi connectivity index (χ0v) is 16.8. The van der Waals surface area contributed by atoms with Gasteiger partial charge in [-0.15, -0.1) is 0 Å². The van der Waals surface area contributed by atoms with Crippen LogP contribution in [0.1, 0.15) is 31.2 Å². The molecule has 0 aromatic heterocycles. The summed E-state index contributed by atoms with van der Waals surface area (Å²) in [5.74, 6) is -0.745. The van der Waals surface area contributed by atoms with Gasteiger partial charge in [-0.3, -0.25) is 9.59 Å². The smallest absolute Gasteiger partial charge is 0.237 e. The fourth-order valence-corrected chi connectivity index (χ4v) is 5.66. The Kier molecular flexibility index (Phi) is 6.42. The van der Waals surface area contributed by atoms with Crippen LogP contribution in [0.5, 0.6) is 0 Å². The molecule has 1 aliphatic heterocycles. The van der Waals surface area contributed by atoms with E-state index in [0.717, 1.165) is 18.4 Å². The van der Waals surface area contributed by atoms with Crippen molar-refractivity contribution >= 4 is 33.3 Å². The van der Waals surface area contributed by atoms with Gasteiger partial charge in [-0.25, -0.2) is 8.42 Å². The maximum absolute atomic E-state index is 12.4. The fourth-order valence-electron chi connectivity index (χ4n) is 3.72. The van der Waals surface area contributed by atoms with E-state index in [2.05, 4.69) is 0 Å². The number of carbonyl (C=O) groups is 2. The Balaban J connectivity index is 1.48. The molecule has 0 bridgehead atoms. The molecular formula is C19H25ClN2O4S. The minimum atomic E-state index is -3.37. The van der Waals surface area contributed by atoms with Gasteiger partial charge in [-0.1, -0.05) is 36.6 Å². The van der Waals surface area contributed by atoms with E-state index in [1.165, 1.54) is 0 Å². The Morgan fingerprint density at radius 1 is 0.926 bits per heavy atom. The lowest BCUT2D eigenvalue weighted by Crippen LogP contribution is -2.52. The summed E-state index contributed by atoms with van der Waals surface area (Å²) in [6.45, 7) is 1.63. The Morgan fingerprint density at radius 3 is 2.00 bits per heavy atom. The average Bonchev–Trinajstić information content (AvgIpc) is 3.19. The number of hydrogen-bond donors (Lipinski definition) is 0. The lowest BCUT2D eigenvalue weighted by molar-refractivity contribution is -0.137. The molecule has 2 fully saturated rings. The molecule has 0 unspecified atom stereocenters. The molecule has 1 aliphatic carbocycles. The monoisotopic (exact) mass is 412 g/mol. The first-order chi connectivity index (χ1) is 12.8. The summed E-state index contributed by atoms with van der Waals surface area (Å²) in [6.07, 6.45) is 3.48. The van der Waals surface area contributed by atoms with E-state index >= 15 is 0 Å². The van der Waals surface area contributed by atoms with Crippen LogP contribution in [0.3, 0.4) is 0 Å². The van der Waals surface area contributed by atoms with Crippen LogP contribution in [-0.2, 0) is 25.8 Å². The van der Waals surface area contributed by atoms with Crippen LogP contribution in [-0.4, -0.2) is 67.2 Å². The average molecular weight is 413 g/mol. The number of carbonyl (C=O) groups excluding carboxylic acids is 2. The Hall–Kier alpha value is -1.60. The van der Waals surface area contributed by atoms with Crippen LogP contribution < -0.4 is 0 Å². The molecule has 0 atom stereocenters. The largest absolute Gasteiger partial charge is 0.339 e. The third-order valence-corrected chi connectivity index (χ3v) is 7.78. The molecule has 0 spiro atoms. The van der Waals surface area contributed by atoms with E-state index in [9.17, 15) is 18.0 Å². The lowest BCUT2D eigenvalue weighted by atomic mass is 10.1. The maximum atomic E-state index is 12.4. The van der Waals surface area contributed by atoms with Gasteiger partial charge in [-0.05, 0) is 30.5 Å². The third-order valence-electron chi connectivity index (χ3n) is 5.39. The number of hydrogen-bond acceptors (Lipinski definition) is 4. The van der Waals surface area contributed by atoms with Gasteiger partial charge in [0.25, 0.3) is 0 Å². The maximum Gasteiger partial charge on any atom is 0.237 e. The Labute approximate surface area is 165 Å². The van der Waals surface area contributed by atoms with Gasteiger partial charge in [0.15, 0.2) is 9.84 Å². The van der Waals surface area contributed by atoms with Crippen molar-refractivity contribution in [2.24, 2.45) is 0 Å². The van der Waals surface area contributed by atoms with Crippen LogP contribution in [0.4, 0.5) is 0 Å². The molecule has 1 saturated carbocycles. The number of amides is 2. The molecule has 2 amide bonds. The van der Waals surface area contributed by atoms with E-state index in [-0.39, 0.29) is 17.1 Å². The first-order valence-corrected chi connectivity index (χ1v) is 11.5. The van der Waals surface area contributed by atoms with Crippen molar-refractivity contribution in [1.29, 1.82) is 0 Å². The molecule has 1 heterocycles. The number of rotatable bonds is 5. The molecule has 27 heavy (non-hydrogen) atoms. The molecule has 0 radical (unpaired) electrons. The van der Waals surface area contributed by atoms with Crippen LogP contribution >= 0.6 is 11.6 Å². The second-order valence-electron chi connectivity index (χ2n) is 7.28. The standard InChI is InChI=1S/C19H25ClN2O4S/c20-16-7-5-15(6-8-16)13-18(23)21-9-11-22(12-10-21)19(24)14-27(25,26)17-3-1-2-4-17/h5-8,17H,1-4,9-14H2. The van der Waals surface area contributed by atoms with Crippen LogP contribution in [0.2, 0.25) is 5.02 Å². The summed E-state index contributed by atoms with van der Waals surface area (Å²) in [7, 11) is -3.37. The predicted octanol–water partition coefficient (Wildman–Crippen LogP) is 1.91. The number of halogens is 1. The van der Waals surface area contributed by atoms with Crippen molar-refractivity contribution in [2.75, 3.05) is 31.9 Å². The molecule has 0 N–H and O–H groups in total. The molecule has 1 aromatic rings. The molecule has 2 aliphatic rings. The van der Waals surface area contributed by atoms with Crippen molar-refractivity contribution < 1.29 is 18.0 Å². The highest BCUT2D eigenvalue weighted by atomic mass is 35.5. The number of piperazine rings is 1. The summed E-state index contributed by atoms with van der Waals surface area (Å²) in [5, 5.41) is 0.273. The third kappa shape index (κ3) is 5.23. The van der Waals surface area contributed by atoms with Crippen molar-refractivity contribution in [2.45, 2.75) is 37.4 Å². The van der Waals surface area contributed by atoms with Gasteiger partial charge in [0.1, 0.15) is 5.75 Å².